The number of hydrogen-bond acceptors (Lipinski definition) is 5. The summed E-state index contributed by atoms with van der Waals surface area (Å²) >= 11 is 3.20. The van der Waals surface area contributed by atoms with Crippen molar-refractivity contribution in [3.63, 3.8) is 0 Å². The van der Waals surface area contributed by atoms with Gasteiger partial charge in [-0.1, -0.05) is 12.1 Å². The van der Waals surface area contributed by atoms with Crippen LogP contribution < -0.4 is 4.72 Å². The van der Waals surface area contributed by atoms with E-state index in [1.165, 1.54) is 13.2 Å². The van der Waals surface area contributed by atoms with Crippen molar-refractivity contribution in [1.29, 1.82) is 0 Å². The molecule has 0 aliphatic carbocycles. The average Bonchev–Trinajstić information content (AvgIpc) is 2.95. The molecule has 1 heterocycles. The lowest BCUT2D eigenvalue weighted by Crippen LogP contribution is -2.24. The molecule has 0 amide bonds. The molecule has 0 spiro atoms. The van der Waals surface area contributed by atoms with E-state index in [0.29, 0.717) is 0 Å². The maximum Gasteiger partial charge on any atom is 0.349 e. The molecular weight excluding hydrogens is 425 g/mol. The van der Waals surface area contributed by atoms with Crippen LogP contribution >= 0.6 is 33.9 Å². The fourth-order valence-electron chi connectivity index (χ4n) is 1.65. The number of methoxy groups -OCH3 is 1. The molecule has 5 nitrogen and oxygen atoms in total. The number of ether oxygens (including phenoxy) is 1. The number of carbonyl (C=O) groups excluding carboxylic acids is 1. The molecule has 112 valence electrons. The Hall–Kier alpha value is -0.970. The van der Waals surface area contributed by atoms with Gasteiger partial charge < -0.3 is 4.74 Å². The Morgan fingerprint density at radius 1 is 1.38 bits per heavy atom. The van der Waals surface area contributed by atoms with Gasteiger partial charge in [-0.25, -0.2) is 17.9 Å². The number of esters is 1. The molecule has 2 rings (SSSR count). The predicted molar refractivity (Wildman–Crippen MR) is 88.8 cm³/mol. The highest BCUT2D eigenvalue weighted by molar-refractivity contribution is 14.1. The van der Waals surface area contributed by atoms with E-state index in [1.807, 2.05) is 24.3 Å². The van der Waals surface area contributed by atoms with Crippen molar-refractivity contribution in [3.8, 4) is 0 Å². The number of thiophene rings is 1. The fraction of sp³-hybridized carbons (Fsp3) is 0.154. The Kier molecular flexibility index (Phi) is 5.36. The number of sulfonamides is 1. The molecule has 21 heavy (non-hydrogen) atoms. The van der Waals surface area contributed by atoms with Crippen molar-refractivity contribution in [1.82, 2.24) is 4.72 Å². The van der Waals surface area contributed by atoms with E-state index in [-0.39, 0.29) is 16.3 Å². The zero-order chi connectivity index (χ0) is 15.5. The van der Waals surface area contributed by atoms with Crippen LogP contribution in [0.3, 0.4) is 0 Å². The molecule has 0 aliphatic rings. The van der Waals surface area contributed by atoms with Gasteiger partial charge in [-0.3, -0.25) is 0 Å². The van der Waals surface area contributed by atoms with Crippen molar-refractivity contribution in [3.05, 3.63) is 49.7 Å². The van der Waals surface area contributed by atoms with Gasteiger partial charge in [-0.2, -0.15) is 0 Å². The van der Waals surface area contributed by atoms with Crippen LogP contribution in [0.5, 0.6) is 0 Å². The Bertz CT molecular complexity index is 755. The van der Waals surface area contributed by atoms with Gasteiger partial charge in [0.05, 0.1) is 7.11 Å². The van der Waals surface area contributed by atoms with Crippen LogP contribution in [0.25, 0.3) is 0 Å². The highest BCUT2D eigenvalue weighted by atomic mass is 127. The SMILES string of the molecule is COC(=O)c1sccc1S(=O)(=O)NCc1cccc(I)c1. The Balaban J connectivity index is 2.19. The standard InChI is InChI=1S/C13H12INO4S2/c1-19-13(16)12-11(5-6-20-12)21(17,18)15-8-9-3-2-4-10(14)7-9/h2-7,15H,8H2,1H3. The summed E-state index contributed by atoms with van der Waals surface area (Å²) in [7, 11) is -2.54. The fourth-order valence-corrected chi connectivity index (χ4v) is 4.61. The maximum absolute atomic E-state index is 12.3. The lowest BCUT2D eigenvalue weighted by atomic mass is 10.2. The Morgan fingerprint density at radius 3 is 2.81 bits per heavy atom. The summed E-state index contributed by atoms with van der Waals surface area (Å²) in [6.45, 7) is 0.162. The highest BCUT2D eigenvalue weighted by Gasteiger charge is 2.24. The largest absolute Gasteiger partial charge is 0.465 e. The highest BCUT2D eigenvalue weighted by Crippen LogP contribution is 2.23. The predicted octanol–water partition coefficient (Wildman–Crippen LogP) is 2.62. The lowest BCUT2D eigenvalue weighted by molar-refractivity contribution is 0.0602. The summed E-state index contributed by atoms with van der Waals surface area (Å²) in [6, 6.07) is 8.90. The topological polar surface area (TPSA) is 72.5 Å². The minimum Gasteiger partial charge on any atom is -0.465 e. The number of carbonyl (C=O) groups is 1. The van der Waals surface area contributed by atoms with E-state index >= 15 is 0 Å². The van der Waals surface area contributed by atoms with Crippen molar-refractivity contribution in [2.24, 2.45) is 0 Å². The average molecular weight is 437 g/mol. The lowest BCUT2D eigenvalue weighted by Gasteiger charge is -2.07. The van der Waals surface area contributed by atoms with Crippen molar-refractivity contribution in [2.45, 2.75) is 11.4 Å². The van der Waals surface area contributed by atoms with Crippen LogP contribution in [0, 0.1) is 3.57 Å². The van der Waals surface area contributed by atoms with Gasteiger partial charge in [-0.15, -0.1) is 11.3 Å². The van der Waals surface area contributed by atoms with Gasteiger partial charge in [-0.05, 0) is 51.7 Å². The number of benzene rings is 1. The third-order valence-electron chi connectivity index (χ3n) is 2.64. The molecule has 1 N–H and O–H groups in total. The molecule has 0 fully saturated rings. The summed E-state index contributed by atoms with van der Waals surface area (Å²) in [5.74, 6) is -0.653. The van der Waals surface area contributed by atoms with Crippen LogP contribution in [-0.2, 0) is 21.3 Å². The van der Waals surface area contributed by atoms with E-state index in [9.17, 15) is 13.2 Å². The summed E-state index contributed by atoms with van der Waals surface area (Å²) in [5.41, 5.74) is 0.848. The van der Waals surface area contributed by atoms with Gasteiger partial charge in [0.15, 0.2) is 0 Å². The van der Waals surface area contributed by atoms with E-state index in [4.69, 9.17) is 0 Å². The molecule has 1 aromatic carbocycles. The van der Waals surface area contributed by atoms with Crippen molar-refractivity contribution >= 4 is 49.9 Å². The molecule has 0 aliphatic heterocycles. The van der Waals surface area contributed by atoms with Crippen molar-refractivity contribution < 1.29 is 17.9 Å². The number of nitrogens with one attached hydrogen (secondary N) is 1. The zero-order valence-electron chi connectivity index (χ0n) is 11.0. The number of halogens is 1. The molecule has 0 saturated heterocycles. The molecule has 2 aromatic rings. The smallest absolute Gasteiger partial charge is 0.349 e. The minimum atomic E-state index is -3.76. The molecule has 1 aromatic heterocycles. The maximum atomic E-state index is 12.3. The molecule has 0 bridgehead atoms. The van der Waals surface area contributed by atoms with E-state index in [0.717, 1.165) is 20.5 Å². The third-order valence-corrected chi connectivity index (χ3v) is 5.78. The van der Waals surface area contributed by atoms with Crippen LogP contribution in [0.1, 0.15) is 15.2 Å². The Morgan fingerprint density at radius 2 is 2.14 bits per heavy atom. The van der Waals surface area contributed by atoms with Crippen LogP contribution in [0.15, 0.2) is 40.6 Å². The second-order valence-electron chi connectivity index (χ2n) is 4.06. The first kappa shape index (κ1) is 16.4. The van der Waals surface area contributed by atoms with Gasteiger partial charge in [0.1, 0.15) is 9.77 Å². The second-order valence-corrected chi connectivity index (χ2v) is 7.96. The van der Waals surface area contributed by atoms with Gasteiger partial charge in [0.2, 0.25) is 10.0 Å². The molecule has 0 radical (unpaired) electrons. The van der Waals surface area contributed by atoms with Crippen LogP contribution in [0.2, 0.25) is 0 Å². The summed E-state index contributed by atoms with van der Waals surface area (Å²) in [4.78, 5) is 11.6. The first-order valence-electron chi connectivity index (χ1n) is 5.84. The minimum absolute atomic E-state index is 0.0509. The third kappa shape index (κ3) is 4.02. The normalized spacial score (nSPS) is 11.3. The van der Waals surface area contributed by atoms with E-state index < -0.39 is 16.0 Å². The zero-order valence-corrected chi connectivity index (χ0v) is 14.8. The first-order chi connectivity index (χ1) is 9.94. The van der Waals surface area contributed by atoms with Gasteiger partial charge in [0, 0.05) is 10.1 Å². The quantitative estimate of drug-likeness (QED) is 0.577. The van der Waals surface area contributed by atoms with Gasteiger partial charge in [0.25, 0.3) is 0 Å². The molecular formula is C13H12INO4S2. The molecule has 0 unspecified atom stereocenters. The van der Waals surface area contributed by atoms with Gasteiger partial charge >= 0.3 is 5.97 Å². The summed E-state index contributed by atoms with van der Waals surface area (Å²) < 4.78 is 32.7. The van der Waals surface area contributed by atoms with E-state index in [1.54, 1.807) is 5.38 Å². The number of rotatable bonds is 5. The number of hydrogen-bond donors (Lipinski definition) is 1. The van der Waals surface area contributed by atoms with Crippen LogP contribution in [-0.4, -0.2) is 21.5 Å². The second kappa shape index (κ2) is 6.86. The first-order valence-corrected chi connectivity index (χ1v) is 9.28. The van der Waals surface area contributed by atoms with E-state index in [2.05, 4.69) is 32.0 Å². The monoisotopic (exact) mass is 437 g/mol. The molecule has 8 heteroatoms. The van der Waals surface area contributed by atoms with Crippen LogP contribution in [0.4, 0.5) is 0 Å². The van der Waals surface area contributed by atoms with Crippen molar-refractivity contribution in [2.75, 3.05) is 7.11 Å². The summed E-state index contributed by atoms with van der Waals surface area (Å²) in [6.07, 6.45) is 0. The molecule has 0 atom stereocenters. The molecule has 0 saturated carbocycles. The summed E-state index contributed by atoms with van der Waals surface area (Å²) in [5, 5.41) is 1.55. The Labute approximate surface area is 140 Å².